The molecule has 0 aliphatic heterocycles. The first-order valence-electron chi connectivity index (χ1n) is 5.10. The molecule has 2 nitrogen and oxygen atoms in total. The van der Waals surface area contributed by atoms with Gasteiger partial charge in [0.1, 0.15) is 0 Å². The van der Waals surface area contributed by atoms with E-state index >= 15 is 0 Å². The van der Waals surface area contributed by atoms with Crippen molar-refractivity contribution in [1.82, 2.24) is 4.40 Å². The number of aliphatic hydroxyl groups excluding tert-OH is 1. The summed E-state index contributed by atoms with van der Waals surface area (Å²) in [5, 5.41) is 10.7. The van der Waals surface area contributed by atoms with Crippen LogP contribution in [0.15, 0.2) is 42.6 Å². The van der Waals surface area contributed by atoms with Crippen molar-refractivity contribution in [3.63, 3.8) is 0 Å². The Morgan fingerprint density at radius 1 is 1.06 bits per heavy atom. The molecule has 3 heteroatoms. The van der Waals surface area contributed by atoms with Crippen molar-refractivity contribution in [1.29, 1.82) is 0 Å². The first kappa shape index (κ1) is 10.1. The van der Waals surface area contributed by atoms with Gasteiger partial charge in [-0.2, -0.15) is 0 Å². The number of aliphatic hydroxyl groups is 1. The van der Waals surface area contributed by atoms with Gasteiger partial charge in [0.05, 0.1) is 17.6 Å². The van der Waals surface area contributed by atoms with Crippen molar-refractivity contribution >= 4 is 39.0 Å². The van der Waals surface area contributed by atoms with Crippen LogP contribution < -0.4 is 0 Å². The Bertz CT molecular complexity index is 672. The van der Waals surface area contributed by atoms with Gasteiger partial charge in [-0.1, -0.05) is 18.2 Å². The Kier molecular flexibility index (Phi) is 2.37. The lowest BCUT2D eigenvalue weighted by atomic mass is 10.1. The van der Waals surface area contributed by atoms with Crippen molar-refractivity contribution in [2.24, 2.45) is 0 Å². The molecule has 0 unspecified atom stereocenters. The van der Waals surface area contributed by atoms with Gasteiger partial charge in [0.2, 0.25) is 0 Å². The third kappa shape index (κ3) is 1.28. The summed E-state index contributed by atoms with van der Waals surface area (Å²) in [6.07, 6.45) is 2.03. The summed E-state index contributed by atoms with van der Waals surface area (Å²) in [5.41, 5.74) is 3.28. The molecule has 3 aromatic rings. The fraction of sp³-hybridized carbons (Fsp3) is 0.0769. The molecule has 2 heterocycles. The monoisotopic (exact) mass is 323 g/mol. The van der Waals surface area contributed by atoms with Crippen molar-refractivity contribution in [3.8, 4) is 0 Å². The third-order valence-electron chi connectivity index (χ3n) is 2.88. The molecule has 0 saturated heterocycles. The molecule has 0 atom stereocenters. The van der Waals surface area contributed by atoms with Crippen LogP contribution in [0.5, 0.6) is 0 Å². The van der Waals surface area contributed by atoms with E-state index in [0.29, 0.717) is 0 Å². The van der Waals surface area contributed by atoms with Crippen LogP contribution in [-0.2, 0) is 6.61 Å². The Morgan fingerprint density at radius 3 is 2.62 bits per heavy atom. The molecule has 0 aliphatic carbocycles. The van der Waals surface area contributed by atoms with Gasteiger partial charge < -0.3 is 9.51 Å². The normalized spacial score (nSPS) is 11.4. The Balaban J connectivity index is 2.63. The average Bonchev–Trinajstić information content (AvgIpc) is 2.79. The van der Waals surface area contributed by atoms with Gasteiger partial charge in [0.25, 0.3) is 0 Å². The van der Waals surface area contributed by atoms with Crippen molar-refractivity contribution in [3.05, 3.63) is 51.7 Å². The first-order chi connectivity index (χ1) is 7.83. The van der Waals surface area contributed by atoms with Crippen LogP contribution in [-0.4, -0.2) is 9.51 Å². The predicted octanol–water partition coefficient (Wildman–Crippen LogP) is 3.19. The number of benzene rings is 1. The van der Waals surface area contributed by atoms with E-state index in [4.69, 9.17) is 0 Å². The number of hydrogen-bond acceptors (Lipinski definition) is 1. The second-order valence-electron chi connectivity index (χ2n) is 3.73. The summed E-state index contributed by atoms with van der Waals surface area (Å²) in [4.78, 5) is 0. The highest BCUT2D eigenvalue weighted by Gasteiger charge is 2.10. The lowest BCUT2D eigenvalue weighted by Crippen LogP contribution is -1.97. The Labute approximate surface area is 107 Å². The molecule has 3 rings (SSSR count). The maximum atomic E-state index is 9.48. The van der Waals surface area contributed by atoms with Crippen molar-refractivity contribution in [2.45, 2.75) is 6.61 Å². The molecule has 0 amide bonds. The predicted molar refractivity (Wildman–Crippen MR) is 73.5 cm³/mol. The number of aromatic nitrogens is 1. The summed E-state index contributed by atoms with van der Waals surface area (Å²) < 4.78 is 3.27. The quantitative estimate of drug-likeness (QED) is 0.684. The van der Waals surface area contributed by atoms with E-state index in [9.17, 15) is 5.11 Å². The van der Waals surface area contributed by atoms with Gasteiger partial charge in [-0.25, -0.2) is 0 Å². The van der Waals surface area contributed by atoms with E-state index in [1.807, 2.05) is 30.5 Å². The summed E-state index contributed by atoms with van der Waals surface area (Å²) >= 11 is 2.31. The Hall–Kier alpha value is -1.07. The summed E-state index contributed by atoms with van der Waals surface area (Å²) in [6.45, 7) is 0.0800. The largest absolute Gasteiger partial charge is 0.392 e. The van der Waals surface area contributed by atoms with Gasteiger partial charge in [-0.05, 0) is 40.8 Å². The van der Waals surface area contributed by atoms with Crippen molar-refractivity contribution in [2.75, 3.05) is 0 Å². The minimum Gasteiger partial charge on any atom is -0.392 e. The van der Waals surface area contributed by atoms with Gasteiger partial charge in [0, 0.05) is 20.7 Å². The number of rotatable bonds is 1. The standard InChI is InChI=1S/C13H10INO/c14-13-9-4-1-2-5-11(9)15-7-3-6-12(15)10(13)8-16/h1-7,16H,8H2. The van der Waals surface area contributed by atoms with Gasteiger partial charge >= 0.3 is 0 Å². The molecule has 16 heavy (non-hydrogen) atoms. The minimum absolute atomic E-state index is 0.0800. The van der Waals surface area contributed by atoms with Gasteiger partial charge in [-0.15, -0.1) is 0 Å². The van der Waals surface area contributed by atoms with Crippen LogP contribution in [0.25, 0.3) is 16.4 Å². The molecule has 1 aromatic carbocycles. The van der Waals surface area contributed by atoms with Gasteiger partial charge in [-0.3, -0.25) is 0 Å². The molecular weight excluding hydrogens is 313 g/mol. The second-order valence-corrected chi connectivity index (χ2v) is 4.81. The molecule has 0 fully saturated rings. The van der Waals surface area contributed by atoms with Crippen molar-refractivity contribution < 1.29 is 5.11 Å². The van der Waals surface area contributed by atoms with E-state index in [1.165, 1.54) is 10.9 Å². The fourth-order valence-corrected chi connectivity index (χ4v) is 3.03. The maximum Gasteiger partial charge on any atom is 0.0713 e. The van der Waals surface area contributed by atoms with Crippen LogP contribution in [0.3, 0.4) is 0 Å². The van der Waals surface area contributed by atoms with E-state index in [1.54, 1.807) is 0 Å². The van der Waals surface area contributed by atoms with Crippen LogP contribution >= 0.6 is 22.6 Å². The third-order valence-corrected chi connectivity index (χ3v) is 4.11. The highest BCUT2D eigenvalue weighted by Crippen LogP contribution is 2.28. The summed E-state index contributed by atoms with van der Waals surface area (Å²) in [7, 11) is 0. The molecule has 0 aliphatic rings. The van der Waals surface area contributed by atoms with Crippen LogP contribution in [0, 0.1) is 3.57 Å². The number of nitrogens with zero attached hydrogens (tertiary/aromatic N) is 1. The van der Waals surface area contributed by atoms with Gasteiger partial charge in [0.15, 0.2) is 0 Å². The molecule has 1 N–H and O–H groups in total. The maximum absolute atomic E-state index is 9.48. The zero-order valence-electron chi connectivity index (χ0n) is 8.52. The summed E-state index contributed by atoms with van der Waals surface area (Å²) in [6, 6.07) is 12.3. The fourth-order valence-electron chi connectivity index (χ4n) is 2.13. The molecule has 0 spiro atoms. The Morgan fingerprint density at radius 2 is 1.81 bits per heavy atom. The topological polar surface area (TPSA) is 24.6 Å². The molecular formula is C13H10INO. The van der Waals surface area contributed by atoms with E-state index in [2.05, 4.69) is 39.1 Å². The number of hydrogen-bond donors (Lipinski definition) is 1. The molecule has 0 bridgehead atoms. The van der Waals surface area contributed by atoms with E-state index in [0.717, 1.165) is 14.7 Å². The minimum atomic E-state index is 0.0800. The summed E-state index contributed by atoms with van der Waals surface area (Å²) in [5.74, 6) is 0. The van der Waals surface area contributed by atoms with Crippen LogP contribution in [0.2, 0.25) is 0 Å². The highest BCUT2D eigenvalue weighted by molar-refractivity contribution is 14.1. The molecule has 0 radical (unpaired) electrons. The van der Waals surface area contributed by atoms with Crippen LogP contribution in [0.4, 0.5) is 0 Å². The molecule has 0 saturated carbocycles. The highest BCUT2D eigenvalue weighted by atomic mass is 127. The lowest BCUT2D eigenvalue weighted by Gasteiger charge is -2.10. The number of fused-ring (bicyclic) bond motifs is 3. The number of pyridine rings is 1. The average molecular weight is 323 g/mol. The number of halogens is 1. The molecule has 2 aromatic heterocycles. The lowest BCUT2D eigenvalue weighted by molar-refractivity contribution is 0.282. The zero-order chi connectivity index (χ0) is 11.1. The smallest absolute Gasteiger partial charge is 0.0713 e. The van der Waals surface area contributed by atoms with E-state index in [-0.39, 0.29) is 6.61 Å². The van der Waals surface area contributed by atoms with Crippen LogP contribution in [0.1, 0.15) is 5.56 Å². The SMILES string of the molecule is OCc1c(I)c2ccccc2n2cccc12. The van der Waals surface area contributed by atoms with E-state index < -0.39 is 0 Å². The molecule has 80 valence electrons. The zero-order valence-corrected chi connectivity index (χ0v) is 10.7. The second kappa shape index (κ2) is 3.75. The number of para-hydroxylation sites is 1. The first-order valence-corrected chi connectivity index (χ1v) is 6.18.